The highest BCUT2D eigenvalue weighted by molar-refractivity contribution is 7.99. The van der Waals surface area contributed by atoms with Crippen molar-refractivity contribution in [2.75, 3.05) is 16.8 Å². The van der Waals surface area contributed by atoms with E-state index in [1.807, 2.05) is 31.2 Å². The van der Waals surface area contributed by atoms with Crippen LogP contribution in [-0.2, 0) is 4.79 Å². The van der Waals surface area contributed by atoms with E-state index in [1.54, 1.807) is 0 Å². The van der Waals surface area contributed by atoms with Crippen LogP contribution in [0.2, 0.25) is 0 Å². The van der Waals surface area contributed by atoms with Crippen molar-refractivity contribution in [3.8, 4) is 0 Å². The molecule has 0 spiro atoms. The molecule has 0 bridgehead atoms. The summed E-state index contributed by atoms with van der Waals surface area (Å²) in [4.78, 5) is 25.9. The van der Waals surface area contributed by atoms with E-state index in [0.29, 0.717) is 5.16 Å². The van der Waals surface area contributed by atoms with E-state index < -0.39 is 0 Å². The standard InChI is InChI=1S/C14H14N6O2S/c1-8-3-2-4-9(5-8)16-12(22)7-23-14-19-18-13-17-11(21)6-10(15)20(13)14/h2-6H,7,15H2,1H3,(H,16,22)(H,17,18,21). The van der Waals surface area contributed by atoms with Gasteiger partial charge in [-0.1, -0.05) is 23.9 Å². The van der Waals surface area contributed by atoms with Gasteiger partial charge in [0.15, 0.2) is 5.16 Å². The van der Waals surface area contributed by atoms with Gasteiger partial charge in [-0.25, -0.2) is 4.40 Å². The van der Waals surface area contributed by atoms with Crippen LogP contribution < -0.4 is 16.6 Å². The molecule has 0 saturated heterocycles. The van der Waals surface area contributed by atoms with Gasteiger partial charge in [0.1, 0.15) is 5.82 Å². The van der Waals surface area contributed by atoms with E-state index >= 15 is 0 Å². The Morgan fingerprint density at radius 1 is 1.39 bits per heavy atom. The third kappa shape index (κ3) is 3.34. The number of fused-ring (bicyclic) bond motifs is 1. The summed E-state index contributed by atoms with van der Waals surface area (Å²) in [5, 5.41) is 11.0. The van der Waals surface area contributed by atoms with Crippen LogP contribution in [-0.4, -0.2) is 31.2 Å². The minimum atomic E-state index is -0.351. The van der Waals surface area contributed by atoms with Gasteiger partial charge in [0.05, 0.1) is 5.75 Å². The van der Waals surface area contributed by atoms with Crippen LogP contribution in [0.3, 0.4) is 0 Å². The smallest absolute Gasteiger partial charge is 0.254 e. The monoisotopic (exact) mass is 330 g/mol. The Hall–Kier alpha value is -2.81. The van der Waals surface area contributed by atoms with E-state index in [1.165, 1.54) is 22.2 Å². The predicted molar refractivity (Wildman–Crippen MR) is 88.6 cm³/mol. The number of thioether (sulfide) groups is 1. The quantitative estimate of drug-likeness (QED) is 0.615. The number of nitrogens with two attached hydrogens (primary N) is 1. The van der Waals surface area contributed by atoms with Gasteiger partial charge in [0.25, 0.3) is 5.56 Å². The number of H-pyrrole nitrogens is 1. The van der Waals surface area contributed by atoms with Crippen LogP contribution in [0.1, 0.15) is 5.56 Å². The van der Waals surface area contributed by atoms with Crippen molar-refractivity contribution in [1.82, 2.24) is 19.6 Å². The summed E-state index contributed by atoms with van der Waals surface area (Å²) < 4.78 is 1.49. The molecule has 3 aromatic rings. The topological polar surface area (TPSA) is 118 Å². The first kappa shape index (κ1) is 15.1. The van der Waals surface area contributed by atoms with Crippen LogP contribution in [0.15, 0.2) is 40.3 Å². The fraction of sp³-hybridized carbons (Fsp3) is 0.143. The number of carbonyl (C=O) groups is 1. The zero-order valence-corrected chi connectivity index (χ0v) is 13.1. The lowest BCUT2D eigenvalue weighted by molar-refractivity contribution is -0.113. The molecule has 0 aliphatic heterocycles. The number of nitrogen functional groups attached to an aromatic ring is 1. The zero-order chi connectivity index (χ0) is 16.4. The lowest BCUT2D eigenvalue weighted by Gasteiger charge is -2.06. The molecular weight excluding hydrogens is 316 g/mol. The average Bonchev–Trinajstić information content (AvgIpc) is 2.88. The van der Waals surface area contributed by atoms with Gasteiger partial charge in [-0.2, -0.15) is 0 Å². The lowest BCUT2D eigenvalue weighted by atomic mass is 10.2. The van der Waals surface area contributed by atoms with E-state index in [2.05, 4.69) is 20.5 Å². The average molecular weight is 330 g/mol. The SMILES string of the molecule is Cc1cccc(NC(=O)CSc2nnc3[nH]c(=O)cc(N)n23)c1. The molecule has 2 aromatic heterocycles. The number of aromatic nitrogens is 4. The molecule has 1 amide bonds. The molecule has 0 aliphatic rings. The number of anilines is 2. The number of hydrogen-bond donors (Lipinski definition) is 3. The zero-order valence-electron chi connectivity index (χ0n) is 12.2. The summed E-state index contributed by atoms with van der Waals surface area (Å²) in [7, 11) is 0. The number of rotatable bonds is 4. The minimum absolute atomic E-state index is 0.146. The Bertz CT molecular complexity index is 932. The first-order valence-corrected chi connectivity index (χ1v) is 7.75. The first-order chi connectivity index (χ1) is 11.0. The highest BCUT2D eigenvalue weighted by Gasteiger charge is 2.12. The second kappa shape index (κ2) is 6.13. The van der Waals surface area contributed by atoms with Gasteiger partial charge in [-0.15, -0.1) is 10.2 Å². The second-order valence-corrected chi connectivity index (χ2v) is 5.85. The van der Waals surface area contributed by atoms with Crippen molar-refractivity contribution in [3.05, 3.63) is 46.2 Å². The van der Waals surface area contributed by atoms with Gasteiger partial charge in [-0.3, -0.25) is 14.6 Å². The van der Waals surface area contributed by atoms with Crippen LogP contribution in [0.4, 0.5) is 11.5 Å². The molecule has 4 N–H and O–H groups in total. The molecule has 0 saturated carbocycles. The third-order valence-electron chi connectivity index (χ3n) is 3.04. The summed E-state index contributed by atoms with van der Waals surface area (Å²) in [5.74, 6) is 0.445. The van der Waals surface area contributed by atoms with Crippen LogP contribution in [0, 0.1) is 6.92 Å². The fourth-order valence-corrected chi connectivity index (χ4v) is 2.82. The Labute approximate surface area is 135 Å². The number of hydrogen-bond acceptors (Lipinski definition) is 6. The van der Waals surface area contributed by atoms with Gasteiger partial charge in [0.2, 0.25) is 11.7 Å². The maximum absolute atomic E-state index is 12.0. The molecule has 23 heavy (non-hydrogen) atoms. The predicted octanol–water partition coefficient (Wildman–Crippen LogP) is 1.04. The van der Waals surface area contributed by atoms with Crippen LogP contribution in [0.5, 0.6) is 0 Å². The van der Waals surface area contributed by atoms with E-state index in [0.717, 1.165) is 11.3 Å². The summed E-state index contributed by atoms with van der Waals surface area (Å²) in [6, 6.07) is 8.78. The Morgan fingerprint density at radius 2 is 2.22 bits per heavy atom. The van der Waals surface area contributed by atoms with E-state index in [4.69, 9.17) is 5.73 Å². The number of aryl methyl sites for hydroxylation is 1. The highest BCUT2D eigenvalue weighted by atomic mass is 32.2. The van der Waals surface area contributed by atoms with Gasteiger partial charge < -0.3 is 11.1 Å². The molecule has 0 fully saturated rings. The maximum Gasteiger partial charge on any atom is 0.254 e. The number of carbonyl (C=O) groups excluding carboxylic acids is 1. The Balaban J connectivity index is 1.71. The fourth-order valence-electron chi connectivity index (χ4n) is 2.07. The van der Waals surface area contributed by atoms with Crippen molar-refractivity contribution in [2.45, 2.75) is 12.1 Å². The van der Waals surface area contributed by atoms with E-state index in [-0.39, 0.29) is 28.8 Å². The van der Waals surface area contributed by atoms with Gasteiger partial charge in [0, 0.05) is 11.8 Å². The molecule has 8 nitrogen and oxygen atoms in total. The molecule has 9 heteroatoms. The largest absolute Gasteiger partial charge is 0.385 e. The van der Waals surface area contributed by atoms with Crippen molar-refractivity contribution < 1.29 is 4.79 Å². The van der Waals surface area contributed by atoms with E-state index in [9.17, 15) is 9.59 Å². The number of nitrogens with zero attached hydrogens (tertiary/aromatic N) is 3. The number of aromatic amines is 1. The molecule has 2 heterocycles. The summed E-state index contributed by atoms with van der Waals surface area (Å²) in [6.07, 6.45) is 0. The van der Waals surface area contributed by atoms with Gasteiger partial charge in [-0.05, 0) is 24.6 Å². The number of amides is 1. The van der Waals surface area contributed by atoms with Crippen LogP contribution in [0.25, 0.3) is 5.78 Å². The number of benzene rings is 1. The molecule has 0 aliphatic carbocycles. The van der Waals surface area contributed by atoms with Crippen molar-refractivity contribution in [2.24, 2.45) is 0 Å². The third-order valence-corrected chi connectivity index (χ3v) is 3.97. The molecule has 118 valence electrons. The number of nitrogens with one attached hydrogen (secondary N) is 2. The molecular formula is C14H14N6O2S. The maximum atomic E-state index is 12.0. The molecule has 0 radical (unpaired) electrons. The molecule has 3 rings (SSSR count). The summed E-state index contributed by atoms with van der Waals surface area (Å²) in [6.45, 7) is 1.95. The highest BCUT2D eigenvalue weighted by Crippen LogP contribution is 2.18. The second-order valence-electron chi connectivity index (χ2n) is 4.91. The summed E-state index contributed by atoms with van der Waals surface area (Å²) in [5.41, 5.74) is 7.25. The lowest BCUT2D eigenvalue weighted by Crippen LogP contribution is -2.15. The Kier molecular flexibility index (Phi) is 4.02. The Morgan fingerprint density at radius 3 is 3.00 bits per heavy atom. The normalized spacial score (nSPS) is 10.8. The first-order valence-electron chi connectivity index (χ1n) is 6.76. The van der Waals surface area contributed by atoms with Crippen LogP contribution >= 0.6 is 11.8 Å². The summed E-state index contributed by atoms with van der Waals surface area (Å²) >= 11 is 1.18. The van der Waals surface area contributed by atoms with Gasteiger partial charge >= 0.3 is 0 Å². The minimum Gasteiger partial charge on any atom is -0.385 e. The van der Waals surface area contributed by atoms with Crippen molar-refractivity contribution >= 4 is 35.0 Å². The molecule has 0 unspecified atom stereocenters. The van der Waals surface area contributed by atoms with Crippen molar-refractivity contribution in [3.63, 3.8) is 0 Å². The molecule has 1 aromatic carbocycles. The van der Waals surface area contributed by atoms with Crippen molar-refractivity contribution in [1.29, 1.82) is 0 Å². The molecule has 0 atom stereocenters.